The lowest BCUT2D eigenvalue weighted by atomic mass is 10.2. The molecule has 1 rings (SSSR count). The van der Waals surface area contributed by atoms with E-state index in [-0.39, 0.29) is 22.9 Å². The summed E-state index contributed by atoms with van der Waals surface area (Å²) in [5.74, 6) is -0.0390. The summed E-state index contributed by atoms with van der Waals surface area (Å²) < 4.78 is 32.1. The van der Waals surface area contributed by atoms with Crippen molar-refractivity contribution in [3.63, 3.8) is 0 Å². The zero-order valence-electron chi connectivity index (χ0n) is 13.3. The minimum Gasteiger partial charge on any atom is -0.496 e. The van der Waals surface area contributed by atoms with Crippen LogP contribution in [0.1, 0.15) is 17.3 Å². The van der Waals surface area contributed by atoms with Crippen molar-refractivity contribution in [3.05, 3.63) is 23.8 Å². The van der Waals surface area contributed by atoms with Crippen LogP contribution in [0.4, 0.5) is 0 Å². The van der Waals surface area contributed by atoms with Crippen LogP contribution in [0.15, 0.2) is 23.1 Å². The Hall–Kier alpha value is -1.64. The van der Waals surface area contributed by atoms with Crippen molar-refractivity contribution in [3.8, 4) is 5.75 Å². The van der Waals surface area contributed by atoms with Crippen LogP contribution in [-0.2, 0) is 10.0 Å². The molecule has 0 spiro atoms. The highest BCUT2D eigenvalue weighted by atomic mass is 32.2. The van der Waals surface area contributed by atoms with Gasteiger partial charge in [0, 0.05) is 19.6 Å². The number of rotatable bonds is 8. The molecule has 0 radical (unpaired) electrons. The number of amides is 1. The lowest BCUT2D eigenvalue weighted by Gasteiger charge is -2.13. The second-order valence-electron chi connectivity index (χ2n) is 4.92. The second kappa shape index (κ2) is 8.11. The van der Waals surface area contributed by atoms with Gasteiger partial charge in [0.2, 0.25) is 10.0 Å². The van der Waals surface area contributed by atoms with Gasteiger partial charge in [-0.2, -0.15) is 0 Å². The molecule has 0 saturated carbocycles. The van der Waals surface area contributed by atoms with Crippen LogP contribution >= 0.6 is 0 Å². The molecule has 0 fully saturated rings. The molecule has 1 amide bonds. The number of sulfonamides is 1. The van der Waals surface area contributed by atoms with Crippen LogP contribution in [0.3, 0.4) is 0 Å². The van der Waals surface area contributed by atoms with E-state index in [1.807, 2.05) is 19.0 Å². The first-order valence-corrected chi connectivity index (χ1v) is 8.40. The fraction of sp³-hybridized carbons (Fsp3) is 0.500. The number of carbonyl (C=O) groups excluding carboxylic acids is 1. The van der Waals surface area contributed by atoms with Crippen LogP contribution in [0.5, 0.6) is 5.75 Å². The van der Waals surface area contributed by atoms with E-state index in [4.69, 9.17) is 4.74 Å². The number of hydrogen-bond donors (Lipinski definition) is 2. The lowest BCUT2D eigenvalue weighted by molar-refractivity contribution is 0.0952. The van der Waals surface area contributed by atoms with Gasteiger partial charge in [0.25, 0.3) is 5.91 Å². The van der Waals surface area contributed by atoms with Gasteiger partial charge in [0.15, 0.2) is 0 Å². The Morgan fingerprint density at radius 3 is 2.55 bits per heavy atom. The van der Waals surface area contributed by atoms with Crippen LogP contribution in [0, 0.1) is 0 Å². The molecule has 0 aliphatic rings. The number of likely N-dealkylation sites (N-methyl/N-ethyl adjacent to an activating group) is 1. The molecule has 0 atom stereocenters. The van der Waals surface area contributed by atoms with Gasteiger partial charge >= 0.3 is 0 Å². The number of nitrogens with zero attached hydrogens (tertiary/aromatic N) is 1. The maximum absolute atomic E-state index is 12.2. The SMILES string of the molecule is CCNC(=O)c1cc(S(=O)(=O)NCCN(C)C)ccc1OC. The average molecular weight is 329 g/mol. The van der Waals surface area contributed by atoms with Crippen molar-refractivity contribution < 1.29 is 17.9 Å². The molecule has 0 saturated heterocycles. The molecule has 0 aromatic heterocycles. The third kappa shape index (κ3) is 4.97. The molecule has 0 unspecified atom stereocenters. The fourth-order valence-electron chi connectivity index (χ4n) is 1.77. The van der Waals surface area contributed by atoms with E-state index in [2.05, 4.69) is 10.0 Å². The summed E-state index contributed by atoms with van der Waals surface area (Å²) in [5, 5.41) is 2.63. The van der Waals surface area contributed by atoms with E-state index in [1.54, 1.807) is 6.92 Å². The molecule has 0 aliphatic carbocycles. The van der Waals surface area contributed by atoms with E-state index in [9.17, 15) is 13.2 Å². The molecule has 2 N–H and O–H groups in total. The van der Waals surface area contributed by atoms with E-state index in [0.29, 0.717) is 18.8 Å². The molecule has 8 heteroatoms. The minimum atomic E-state index is -3.66. The monoisotopic (exact) mass is 329 g/mol. The summed E-state index contributed by atoms with van der Waals surface area (Å²) in [6.07, 6.45) is 0. The first-order chi connectivity index (χ1) is 10.3. The van der Waals surface area contributed by atoms with Crippen molar-refractivity contribution in [2.24, 2.45) is 0 Å². The minimum absolute atomic E-state index is 0.0355. The molecular weight excluding hydrogens is 306 g/mol. The van der Waals surface area contributed by atoms with E-state index < -0.39 is 10.0 Å². The highest BCUT2D eigenvalue weighted by Gasteiger charge is 2.19. The smallest absolute Gasteiger partial charge is 0.255 e. The fourth-order valence-corrected chi connectivity index (χ4v) is 2.82. The van der Waals surface area contributed by atoms with Crippen molar-refractivity contribution >= 4 is 15.9 Å². The van der Waals surface area contributed by atoms with Crippen LogP contribution in [0.25, 0.3) is 0 Å². The Kier molecular flexibility index (Phi) is 6.79. The highest BCUT2D eigenvalue weighted by Crippen LogP contribution is 2.22. The third-order valence-electron chi connectivity index (χ3n) is 2.91. The lowest BCUT2D eigenvalue weighted by Crippen LogP contribution is -2.31. The molecule has 0 aliphatic heterocycles. The van der Waals surface area contributed by atoms with E-state index >= 15 is 0 Å². The first-order valence-electron chi connectivity index (χ1n) is 6.92. The number of benzene rings is 1. The molecule has 124 valence electrons. The molecule has 0 heterocycles. The normalized spacial score (nSPS) is 11.5. The first kappa shape index (κ1) is 18.4. The number of carbonyl (C=O) groups is 1. The van der Waals surface area contributed by atoms with E-state index in [1.165, 1.54) is 25.3 Å². The number of ether oxygens (including phenoxy) is 1. The summed E-state index contributed by atoms with van der Waals surface area (Å²) in [6, 6.07) is 4.21. The molecule has 1 aromatic rings. The predicted molar refractivity (Wildman–Crippen MR) is 84.7 cm³/mol. The van der Waals surface area contributed by atoms with Crippen molar-refractivity contribution in [2.45, 2.75) is 11.8 Å². The standard InChI is InChI=1S/C14H23N3O4S/c1-5-15-14(18)12-10-11(6-7-13(12)21-4)22(19,20)16-8-9-17(2)3/h6-7,10,16H,5,8-9H2,1-4H3,(H,15,18). The van der Waals surface area contributed by atoms with Crippen molar-refractivity contribution in [2.75, 3.05) is 40.8 Å². The van der Waals surface area contributed by atoms with Crippen LogP contribution < -0.4 is 14.8 Å². The molecule has 7 nitrogen and oxygen atoms in total. The van der Waals surface area contributed by atoms with Gasteiger partial charge in [0.05, 0.1) is 17.6 Å². The van der Waals surface area contributed by atoms with Gasteiger partial charge in [-0.25, -0.2) is 13.1 Å². The Morgan fingerprint density at radius 2 is 2.00 bits per heavy atom. The van der Waals surface area contributed by atoms with Crippen LogP contribution in [-0.4, -0.2) is 60.1 Å². The maximum Gasteiger partial charge on any atom is 0.255 e. The number of nitrogens with one attached hydrogen (secondary N) is 2. The summed E-state index contributed by atoms with van der Waals surface area (Å²) in [4.78, 5) is 13.9. The molecular formula is C14H23N3O4S. The Labute approximate surface area is 131 Å². The average Bonchev–Trinajstić information content (AvgIpc) is 2.46. The molecule has 22 heavy (non-hydrogen) atoms. The van der Waals surface area contributed by atoms with E-state index in [0.717, 1.165) is 0 Å². The zero-order chi connectivity index (χ0) is 16.8. The van der Waals surface area contributed by atoms with Gasteiger partial charge < -0.3 is 15.0 Å². The predicted octanol–water partition coefficient (Wildman–Crippen LogP) is 0.285. The molecule has 0 bridgehead atoms. The largest absolute Gasteiger partial charge is 0.496 e. The maximum atomic E-state index is 12.2. The summed E-state index contributed by atoms with van der Waals surface area (Å²) in [6.45, 7) is 3.10. The number of methoxy groups -OCH3 is 1. The quantitative estimate of drug-likeness (QED) is 0.715. The van der Waals surface area contributed by atoms with Gasteiger partial charge in [-0.05, 0) is 39.2 Å². The van der Waals surface area contributed by atoms with Gasteiger partial charge in [0.1, 0.15) is 5.75 Å². The van der Waals surface area contributed by atoms with Crippen molar-refractivity contribution in [1.29, 1.82) is 0 Å². The van der Waals surface area contributed by atoms with Gasteiger partial charge in [-0.3, -0.25) is 4.79 Å². The molecule has 1 aromatic carbocycles. The van der Waals surface area contributed by atoms with Crippen LogP contribution in [0.2, 0.25) is 0 Å². The Balaban J connectivity index is 3.04. The topological polar surface area (TPSA) is 87.7 Å². The highest BCUT2D eigenvalue weighted by molar-refractivity contribution is 7.89. The van der Waals surface area contributed by atoms with Gasteiger partial charge in [-0.1, -0.05) is 0 Å². The summed E-state index contributed by atoms with van der Waals surface area (Å²) >= 11 is 0. The zero-order valence-corrected chi connectivity index (χ0v) is 14.2. The van der Waals surface area contributed by atoms with Crippen molar-refractivity contribution in [1.82, 2.24) is 14.9 Å². The summed E-state index contributed by atoms with van der Waals surface area (Å²) in [7, 11) is 1.48. The Morgan fingerprint density at radius 1 is 1.32 bits per heavy atom. The van der Waals surface area contributed by atoms with Gasteiger partial charge in [-0.15, -0.1) is 0 Å². The Bertz CT molecular complexity index is 615. The second-order valence-corrected chi connectivity index (χ2v) is 6.69. The number of hydrogen-bond acceptors (Lipinski definition) is 5. The third-order valence-corrected chi connectivity index (χ3v) is 4.37. The summed E-state index contributed by atoms with van der Waals surface area (Å²) in [5.41, 5.74) is 0.194.